The number of nitrogens with zero attached hydrogens (tertiary/aromatic N) is 1. The third-order valence-electron chi connectivity index (χ3n) is 4.41. The van der Waals surface area contributed by atoms with Crippen LogP contribution in [0.4, 0.5) is 10.8 Å². The van der Waals surface area contributed by atoms with Crippen LogP contribution in [0.15, 0.2) is 47.8 Å². The number of benzene rings is 2. The fraction of sp³-hybridized carbons (Fsp3) is 0.273. The molecule has 0 saturated heterocycles. The average molecular weight is 428 g/mol. The van der Waals surface area contributed by atoms with Crippen molar-refractivity contribution in [1.82, 2.24) is 10.3 Å². The van der Waals surface area contributed by atoms with Crippen molar-refractivity contribution in [1.29, 1.82) is 0 Å². The van der Waals surface area contributed by atoms with Gasteiger partial charge in [0.1, 0.15) is 17.2 Å². The Balaban J connectivity index is 1.52. The highest BCUT2D eigenvalue weighted by Gasteiger charge is 2.11. The minimum absolute atomic E-state index is 0.0614. The maximum Gasteiger partial charge on any atom is 0.226 e. The average Bonchev–Trinajstić information content (AvgIpc) is 3.20. The summed E-state index contributed by atoms with van der Waals surface area (Å²) in [6.45, 7) is 0.558. The van der Waals surface area contributed by atoms with Crippen LogP contribution in [0, 0.1) is 0 Å². The molecule has 0 aliphatic carbocycles. The lowest BCUT2D eigenvalue weighted by molar-refractivity contribution is -0.120. The number of hydrogen-bond acceptors (Lipinski definition) is 7. The first kappa shape index (κ1) is 21.4. The number of nitrogens with one attached hydrogen (secondary N) is 2. The number of thiazole rings is 1. The van der Waals surface area contributed by atoms with E-state index in [2.05, 4.69) is 15.6 Å². The zero-order valence-electron chi connectivity index (χ0n) is 17.2. The second kappa shape index (κ2) is 10.5. The van der Waals surface area contributed by atoms with Crippen molar-refractivity contribution in [2.45, 2.75) is 12.8 Å². The van der Waals surface area contributed by atoms with Crippen molar-refractivity contribution >= 4 is 28.1 Å². The number of hydrogen-bond donors (Lipinski definition) is 2. The first-order valence-corrected chi connectivity index (χ1v) is 10.3. The van der Waals surface area contributed by atoms with E-state index in [-0.39, 0.29) is 12.3 Å². The van der Waals surface area contributed by atoms with Crippen LogP contribution in [-0.4, -0.2) is 38.8 Å². The molecule has 158 valence electrons. The van der Waals surface area contributed by atoms with E-state index in [1.54, 1.807) is 21.3 Å². The Bertz CT molecular complexity index is 990. The number of methoxy groups -OCH3 is 3. The van der Waals surface area contributed by atoms with Crippen LogP contribution in [0.5, 0.6) is 17.2 Å². The van der Waals surface area contributed by atoms with E-state index < -0.39 is 0 Å². The second-order valence-electron chi connectivity index (χ2n) is 6.46. The van der Waals surface area contributed by atoms with Crippen molar-refractivity contribution in [2.24, 2.45) is 0 Å². The predicted molar refractivity (Wildman–Crippen MR) is 118 cm³/mol. The number of anilines is 2. The molecule has 0 aliphatic heterocycles. The number of rotatable bonds is 10. The molecule has 0 spiro atoms. The van der Waals surface area contributed by atoms with Crippen molar-refractivity contribution < 1.29 is 19.0 Å². The van der Waals surface area contributed by atoms with Crippen LogP contribution < -0.4 is 24.8 Å². The summed E-state index contributed by atoms with van der Waals surface area (Å²) in [4.78, 5) is 16.7. The quantitative estimate of drug-likeness (QED) is 0.512. The number of ether oxygens (including phenoxy) is 3. The lowest BCUT2D eigenvalue weighted by atomic mass is 10.1. The topological polar surface area (TPSA) is 81.7 Å². The molecule has 3 rings (SSSR count). The molecule has 0 saturated carbocycles. The normalized spacial score (nSPS) is 10.4. The zero-order chi connectivity index (χ0) is 21.3. The molecule has 0 unspecified atom stereocenters. The van der Waals surface area contributed by atoms with Gasteiger partial charge in [-0.25, -0.2) is 4.98 Å². The summed E-state index contributed by atoms with van der Waals surface area (Å²) in [5.41, 5.74) is 2.57. The van der Waals surface area contributed by atoms with E-state index in [9.17, 15) is 4.79 Å². The minimum Gasteiger partial charge on any atom is -0.497 e. The van der Waals surface area contributed by atoms with E-state index in [1.165, 1.54) is 11.3 Å². The molecule has 1 amide bonds. The largest absolute Gasteiger partial charge is 0.497 e. The maximum absolute atomic E-state index is 12.2. The third-order valence-corrected chi connectivity index (χ3v) is 5.22. The summed E-state index contributed by atoms with van der Waals surface area (Å²) in [5, 5.41) is 8.72. The maximum atomic E-state index is 12.2. The summed E-state index contributed by atoms with van der Waals surface area (Å²) in [6.07, 6.45) is 0.966. The van der Waals surface area contributed by atoms with Crippen LogP contribution in [0.3, 0.4) is 0 Å². The van der Waals surface area contributed by atoms with Crippen molar-refractivity contribution in [3.63, 3.8) is 0 Å². The first-order chi connectivity index (χ1) is 14.6. The van der Waals surface area contributed by atoms with Gasteiger partial charge in [0.05, 0.1) is 39.1 Å². The van der Waals surface area contributed by atoms with Gasteiger partial charge in [-0.05, 0) is 36.2 Å². The molecule has 7 nitrogen and oxygen atoms in total. The molecule has 2 N–H and O–H groups in total. The van der Waals surface area contributed by atoms with Gasteiger partial charge in [-0.15, -0.1) is 11.3 Å². The Kier molecular flexibility index (Phi) is 7.51. The molecule has 1 aromatic heterocycles. The molecule has 1 heterocycles. The third kappa shape index (κ3) is 5.87. The number of carbonyl (C=O) groups excluding carboxylic acids is 1. The van der Waals surface area contributed by atoms with Gasteiger partial charge in [0.25, 0.3) is 0 Å². The molecule has 3 aromatic rings. The fourth-order valence-corrected chi connectivity index (χ4v) is 3.60. The highest BCUT2D eigenvalue weighted by Crippen LogP contribution is 2.32. The van der Waals surface area contributed by atoms with E-state index in [0.29, 0.717) is 28.9 Å². The molecule has 8 heteroatoms. The Morgan fingerprint density at radius 1 is 1.03 bits per heavy atom. The lowest BCUT2D eigenvalue weighted by Gasteiger charge is -2.10. The smallest absolute Gasteiger partial charge is 0.226 e. The van der Waals surface area contributed by atoms with Gasteiger partial charge in [-0.1, -0.05) is 12.1 Å². The van der Waals surface area contributed by atoms with Gasteiger partial charge >= 0.3 is 0 Å². The molecule has 0 fully saturated rings. The van der Waals surface area contributed by atoms with Gasteiger partial charge in [-0.3, -0.25) is 4.79 Å². The molecule has 30 heavy (non-hydrogen) atoms. The summed E-state index contributed by atoms with van der Waals surface area (Å²) in [6, 6.07) is 13.3. The Labute approximate surface area is 180 Å². The van der Waals surface area contributed by atoms with Crippen LogP contribution in [0.1, 0.15) is 11.3 Å². The van der Waals surface area contributed by atoms with Gasteiger partial charge in [0, 0.05) is 18.0 Å². The number of amides is 1. The summed E-state index contributed by atoms with van der Waals surface area (Å²) in [5.74, 6) is 2.15. The Morgan fingerprint density at radius 3 is 2.60 bits per heavy atom. The van der Waals surface area contributed by atoms with Crippen molar-refractivity contribution in [3.05, 3.63) is 59.1 Å². The molecular weight excluding hydrogens is 402 g/mol. The fourth-order valence-electron chi connectivity index (χ4n) is 2.87. The Morgan fingerprint density at radius 2 is 1.83 bits per heavy atom. The van der Waals surface area contributed by atoms with Gasteiger partial charge in [-0.2, -0.15) is 0 Å². The second-order valence-corrected chi connectivity index (χ2v) is 7.32. The predicted octanol–water partition coefficient (Wildman–Crippen LogP) is 3.81. The first-order valence-electron chi connectivity index (χ1n) is 9.44. The van der Waals surface area contributed by atoms with Crippen LogP contribution in [-0.2, 0) is 17.6 Å². The highest BCUT2D eigenvalue weighted by molar-refractivity contribution is 7.13. The van der Waals surface area contributed by atoms with Gasteiger partial charge in [0.2, 0.25) is 5.91 Å². The zero-order valence-corrected chi connectivity index (χ0v) is 18.0. The van der Waals surface area contributed by atoms with E-state index >= 15 is 0 Å². The molecule has 0 aliphatic rings. The van der Waals surface area contributed by atoms with Gasteiger partial charge in [0.15, 0.2) is 5.13 Å². The number of aromatic nitrogens is 1. The molecule has 2 aromatic carbocycles. The van der Waals surface area contributed by atoms with Crippen LogP contribution in [0.2, 0.25) is 0 Å². The lowest BCUT2D eigenvalue weighted by Crippen LogP contribution is -2.27. The summed E-state index contributed by atoms with van der Waals surface area (Å²) >= 11 is 1.43. The van der Waals surface area contributed by atoms with E-state index in [4.69, 9.17) is 14.2 Å². The van der Waals surface area contributed by atoms with E-state index in [0.717, 1.165) is 23.4 Å². The van der Waals surface area contributed by atoms with Gasteiger partial charge < -0.3 is 24.8 Å². The SMILES string of the molecule is COc1cccc(CCNC(=O)Cc2csc(Nc3cc(OC)ccc3OC)n2)c1. The standard InChI is InChI=1S/C22H25N3O4S/c1-27-17-6-4-5-15(11-17)9-10-23-21(26)12-16-14-30-22(24-16)25-19-13-18(28-2)7-8-20(19)29-3/h4-8,11,13-14H,9-10,12H2,1-3H3,(H,23,26)(H,24,25). The number of carbonyl (C=O) groups is 1. The molecule has 0 atom stereocenters. The molecular formula is C22H25N3O4S. The van der Waals surface area contributed by atoms with E-state index in [1.807, 2.05) is 47.8 Å². The molecule has 0 radical (unpaired) electrons. The Hall–Kier alpha value is -3.26. The molecule has 0 bridgehead atoms. The minimum atomic E-state index is -0.0614. The van der Waals surface area contributed by atoms with Crippen LogP contribution >= 0.6 is 11.3 Å². The monoisotopic (exact) mass is 427 g/mol. The van der Waals surface area contributed by atoms with Crippen LogP contribution in [0.25, 0.3) is 0 Å². The van der Waals surface area contributed by atoms with Crippen molar-refractivity contribution in [3.8, 4) is 17.2 Å². The summed E-state index contributed by atoms with van der Waals surface area (Å²) in [7, 11) is 4.86. The highest BCUT2D eigenvalue weighted by atomic mass is 32.1. The van der Waals surface area contributed by atoms with Crippen molar-refractivity contribution in [2.75, 3.05) is 33.2 Å². The summed E-state index contributed by atoms with van der Waals surface area (Å²) < 4.78 is 15.8.